The molecular weight excluding hydrogens is 359 g/mol. The van der Waals surface area contributed by atoms with Gasteiger partial charge in [0.2, 0.25) is 0 Å². The smallest absolute Gasteiger partial charge is 0.189 e. The van der Waals surface area contributed by atoms with E-state index in [-0.39, 0.29) is 12.2 Å². The van der Waals surface area contributed by atoms with Crippen LogP contribution in [0.4, 0.5) is 0 Å². The van der Waals surface area contributed by atoms with Crippen LogP contribution < -0.4 is 9.47 Å². The minimum absolute atomic E-state index is 0.0276. The molecule has 0 amide bonds. The summed E-state index contributed by atoms with van der Waals surface area (Å²) in [7, 11) is 0. The second kappa shape index (κ2) is 6.71. The first-order chi connectivity index (χ1) is 12.1. The van der Waals surface area contributed by atoms with Crippen molar-refractivity contribution < 1.29 is 14.2 Å². The molecule has 0 saturated heterocycles. The van der Waals surface area contributed by atoms with Crippen LogP contribution in [0.1, 0.15) is 62.9 Å². The Morgan fingerprint density at radius 1 is 0.760 bits per heavy atom. The Balaban J connectivity index is 1.61. The monoisotopic (exact) mass is 378 g/mol. The summed E-state index contributed by atoms with van der Waals surface area (Å²) in [6.07, 6.45) is 3.84. The van der Waals surface area contributed by atoms with Crippen LogP contribution in [0.3, 0.4) is 0 Å². The van der Waals surface area contributed by atoms with Gasteiger partial charge in [0.15, 0.2) is 23.0 Å². The Bertz CT molecular complexity index is 752. The number of fused-ring (bicyclic) bond motifs is 2. The van der Waals surface area contributed by atoms with Gasteiger partial charge in [0, 0.05) is 11.1 Å². The van der Waals surface area contributed by atoms with E-state index in [2.05, 4.69) is 13.8 Å². The molecule has 4 rings (SSSR count). The third-order valence-corrected chi connectivity index (χ3v) is 5.23. The molecule has 2 aliphatic rings. The first-order valence-electron chi connectivity index (χ1n) is 8.80. The quantitative estimate of drug-likeness (QED) is 0.296. The zero-order valence-electron chi connectivity index (χ0n) is 14.3. The number of benzene rings is 2. The van der Waals surface area contributed by atoms with E-state index in [4.69, 9.17) is 37.4 Å². The van der Waals surface area contributed by atoms with E-state index >= 15 is 0 Å². The molecule has 2 aromatic rings. The molecule has 2 aromatic carbocycles. The molecule has 2 unspecified atom stereocenters. The molecule has 5 heteroatoms. The van der Waals surface area contributed by atoms with Crippen LogP contribution in [-0.4, -0.2) is 0 Å². The van der Waals surface area contributed by atoms with Gasteiger partial charge < -0.3 is 14.2 Å². The Labute approximate surface area is 157 Å². The predicted octanol–water partition coefficient (Wildman–Crippen LogP) is 7.60. The Hall–Kier alpha value is -1.42. The van der Waals surface area contributed by atoms with E-state index < -0.39 is 0 Å². The lowest BCUT2D eigenvalue weighted by Crippen LogP contribution is -2.10. The summed E-state index contributed by atoms with van der Waals surface area (Å²) in [6.45, 7) is 4.32. The molecule has 0 aliphatic carbocycles. The highest BCUT2D eigenvalue weighted by molar-refractivity contribution is 6.33. The first kappa shape index (κ1) is 17.0. The van der Waals surface area contributed by atoms with Crippen LogP contribution in [0, 0.1) is 0 Å². The van der Waals surface area contributed by atoms with Gasteiger partial charge in [-0.25, -0.2) is 0 Å². The highest BCUT2D eigenvalue weighted by Gasteiger charge is 2.36. The third kappa shape index (κ3) is 3.21. The molecular formula is C20H20Cl2O3. The van der Waals surface area contributed by atoms with Crippen molar-refractivity contribution in [2.24, 2.45) is 0 Å². The van der Waals surface area contributed by atoms with Gasteiger partial charge in [-0.1, -0.05) is 62.0 Å². The van der Waals surface area contributed by atoms with E-state index in [0.717, 1.165) is 59.8 Å². The molecule has 2 atom stereocenters. The molecule has 3 nitrogen and oxygen atoms in total. The molecule has 0 spiro atoms. The second-order valence-electron chi connectivity index (χ2n) is 6.48. The predicted molar refractivity (Wildman–Crippen MR) is 99.4 cm³/mol. The van der Waals surface area contributed by atoms with Crippen LogP contribution in [0.2, 0.25) is 10.0 Å². The molecule has 0 saturated carbocycles. The van der Waals surface area contributed by atoms with Gasteiger partial charge in [-0.15, -0.1) is 0 Å². The normalized spacial score (nSPS) is 15.5. The molecule has 2 aliphatic heterocycles. The fraction of sp³-hybridized carbons (Fsp3) is 0.400. The number of halogens is 2. The van der Waals surface area contributed by atoms with E-state index in [9.17, 15) is 0 Å². The van der Waals surface area contributed by atoms with Crippen LogP contribution in [0.5, 0.6) is 23.0 Å². The summed E-state index contributed by atoms with van der Waals surface area (Å²) in [5, 5.41) is 1.32. The van der Waals surface area contributed by atoms with Crippen molar-refractivity contribution in [2.75, 3.05) is 0 Å². The van der Waals surface area contributed by atoms with E-state index in [0.29, 0.717) is 10.0 Å². The lowest BCUT2D eigenvalue weighted by molar-refractivity contribution is -0.0248. The molecule has 25 heavy (non-hydrogen) atoms. The Morgan fingerprint density at radius 3 is 1.60 bits per heavy atom. The average Bonchev–Trinajstić information content (AvgIpc) is 3.47. The maximum absolute atomic E-state index is 6.57. The fourth-order valence-corrected chi connectivity index (χ4v) is 3.67. The van der Waals surface area contributed by atoms with Gasteiger partial charge >= 0.3 is 0 Å². The number of hydrogen-bond donors (Lipinski definition) is 0. The van der Waals surface area contributed by atoms with Crippen LogP contribution >= 0.6 is 23.2 Å². The van der Waals surface area contributed by atoms with Crippen LogP contribution in [0.15, 0.2) is 24.3 Å². The van der Waals surface area contributed by atoms with Gasteiger partial charge in [-0.3, -0.25) is 0 Å². The summed E-state index contributed by atoms with van der Waals surface area (Å²) < 4.78 is 17.7. The lowest BCUT2D eigenvalue weighted by atomic mass is 10.0. The summed E-state index contributed by atoms with van der Waals surface area (Å²) in [6, 6.07) is 7.80. The average molecular weight is 379 g/mol. The summed E-state index contributed by atoms with van der Waals surface area (Å²) in [4.78, 5) is 0. The van der Waals surface area contributed by atoms with Gasteiger partial charge in [0.05, 0.1) is 22.3 Å². The first-order valence-corrected chi connectivity index (χ1v) is 9.55. The van der Waals surface area contributed by atoms with Crippen molar-refractivity contribution >= 4 is 23.2 Å². The van der Waals surface area contributed by atoms with Gasteiger partial charge in [-0.2, -0.15) is 0 Å². The molecule has 132 valence electrons. The minimum Gasteiger partial charge on any atom is -0.447 e. The maximum Gasteiger partial charge on any atom is 0.189 e. The van der Waals surface area contributed by atoms with Crippen molar-refractivity contribution in [2.45, 2.75) is 51.7 Å². The van der Waals surface area contributed by atoms with Crippen LogP contribution in [-0.2, 0) is 4.74 Å². The highest BCUT2D eigenvalue weighted by atomic mass is 35.5. The topological polar surface area (TPSA) is 34.3 Å². The van der Waals surface area contributed by atoms with Crippen LogP contribution in [0.25, 0.3) is 0 Å². The van der Waals surface area contributed by atoms with Gasteiger partial charge in [-0.05, 0) is 25.0 Å². The summed E-state index contributed by atoms with van der Waals surface area (Å²) in [5.41, 5.74) is 2.16. The number of rotatable bonds is 8. The number of ether oxygens (including phenoxy) is 3. The summed E-state index contributed by atoms with van der Waals surface area (Å²) in [5.74, 6) is 3.34. The van der Waals surface area contributed by atoms with Crippen molar-refractivity contribution in [1.82, 2.24) is 0 Å². The molecule has 0 N–H and O–H groups in total. The highest BCUT2D eigenvalue weighted by Crippen LogP contribution is 2.58. The maximum atomic E-state index is 6.57. The lowest BCUT2D eigenvalue weighted by Gasteiger charge is -2.24. The van der Waals surface area contributed by atoms with Crippen molar-refractivity contribution in [1.29, 1.82) is 0 Å². The van der Waals surface area contributed by atoms with Gasteiger partial charge in [0.1, 0.15) is 0 Å². The van der Waals surface area contributed by atoms with Crippen molar-refractivity contribution in [3.05, 3.63) is 45.4 Å². The third-order valence-electron chi connectivity index (χ3n) is 4.64. The van der Waals surface area contributed by atoms with E-state index in [1.807, 2.05) is 24.3 Å². The second-order valence-corrected chi connectivity index (χ2v) is 7.30. The molecule has 0 radical (unpaired) electrons. The fourth-order valence-electron chi connectivity index (χ4n) is 3.30. The Kier molecular flexibility index (Phi) is 4.57. The zero-order chi connectivity index (χ0) is 17.6. The standard InChI is InChI=1S/C20H20Cl2O3/c1-3-5-15(11-7-9-13(21)19-17(11)24-19)23-16(6-4-2)12-8-10-14(22)20-18(12)25-20/h7-10,15-16H,3-6H2,1-2H3. The van der Waals surface area contributed by atoms with Crippen molar-refractivity contribution in [3.63, 3.8) is 0 Å². The van der Waals surface area contributed by atoms with Crippen molar-refractivity contribution in [3.8, 4) is 23.0 Å². The van der Waals surface area contributed by atoms with Gasteiger partial charge in [0.25, 0.3) is 0 Å². The Morgan fingerprint density at radius 2 is 1.20 bits per heavy atom. The van der Waals surface area contributed by atoms with E-state index in [1.54, 1.807) is 0 Å². The zero-order valence-corrected chi connectivity index (χ0v) is 15.8. The molecule has 0 aromatic heterocycles. The minimum atomic E-state index is -0.0276. The largest absolute Gasteiger partial charge is 0.447 e. The molecule has 0 fully saturated rings. The SMILES string of the molecule is CCCC(OC(CCC)c1ccc(Cl)c2c1O2)c1ccc(Cl)c2c1O2. The molecule has 2 heterocycles. The molecule has 0 bridgehead atoms. The van der Waals surface area contributed by atoms with E-state index in [1.165, 1.54) is 0 Å². The number of hydrogen-bond acceptors (Lipinski definition) is 3. The summed E-state index contributed by atoms with van der Waals surface area (Å²) >= 11 is 12.2.